The highest BCUT2D eigenvalue weighted by Crippen LogP contribution is 2.62. The normalized spacial score (nSPS) is 30.9. The number of fused-ring (bicyclic) bond motifs is 5. The van der Waals surface area contributed by atoms with Gasteiger partial charge in [-0.05, 0) is 110 Å². The lowest BCUT2D eigenvalue weighted by Gasteiger charge is -2.53. The van der Waals surface area contributed by atoms with Gasteiger partial charge >= 0.3 is 6.18 Å². The molecule has 0 bridgehead atoms. The van der Waals surface area contributed by atoms with E-state index >= 15 is 0 Å². The molecule has 7 heteroatoms. The second-order valence-electron chi connectivity index (χ2n) is 13.0. The standard InChI is InChI=1S/C32H49F3O3S/c1-31-18-16-27-26-13-12-25(36)22-24(26)21-23(30(27)28(31)14-15-29(31)37)11-7-5-3-2-4-6-9-19-39(38)20-10-8-17-32(33,34)35/h12-13,22-23,27-30,36-37H,2-11,14-21H2,1H3. The van der Waals surface area contributed by atoms with Crippen molar-refractivity contribution in [1.82, 2.24) is 0 Å². The molecule has 39 heavy (non-hydrogen) atoms. The number of aliphatic hydroxyl groups is 1. The van der Waals surface area contributed by atoms with E-state index < -0.39 is 23.4 Å². The van der Waals surface area contributed by atoms with Crippen LogP contribution in [0.1, 0.15) is 120 Å². The second-order valence-corrected chi connectivity index (χ2v) is 14.7. The van der Waals surface area contributed by atoms with Gasteiger partial charge in [-0.1, -0.05) is 51.5 Å². The van der Waals surface area contributed by atoms with Gasteiger partial charge in [-0.25, -0.2) is 0 Å². The predicted octanol–water partition coefficient (Wildman–Crippen LogP) is 8.44. The van der Waals surface area contributed by atoms with Crippen molar-refractivity contribution in [3.63, 3.8) is 0 Å². The highest BCUT2D eigenvalue weighted by atomic mass is 32.2. The number of hydrogen-bond donors (Lipinski definition) is 2. The maximum absolute atomic E-state index is 12.2. The van der Waals surface area contributed by atoms with Crippen molar-refractivity contribution in [1.29, 1.82) is 0 Å². The number of rotatable bonds is 14. The maximum atomic E-state index is 12.2. The average Bonchev–Trinajstić information content (AvgIpc) is 3.18. The molecule has 0 heterocycles. The Kier molecular flexibility index (Phi) is 10.9. The number of alkyl halides is 3. The third-order valence-corrected chi connectivity index (χ3v) is 11.9. The van der Waals surface area contributed by atoms with Crippen LogP contribution in [0.15, 0.2) is 18.2 Å². The molecule has 2 fully saturated rings. The molecule has 7 atom stereocenters. The van der Waals surface area contributed by atoms with Crippen LogP contribution in [0.2, 0.25) is 0 Å². The van der Waals surface area contributed by atoms with Gasteiger partial charge in [0.15, 0.2) is 0 Å². The summed E-state index contributed by atoms with van der Waals surface area (Å²) in [7, 11) is -0.988. The zero-order chi connectivity index (χ0) is 28.0. The van der Waals surface area contributed by atoms with Gasteiger partial charge in [0.1, 0.15) is 5.75 Å². The molecule has 2 saturated carbocycles. The number of halogens is 3. The van der Waals surface area contributed by atoms with E-state index in [0.29, 0.717) is 47.3 Å². The molecule has 222 valence electrons. The summed E-state index contributed by atoms with van der Waals surface area (Å²) in [6, 6.07) is 6.01. The lowest BCUT2D eigenvalue weighted by atomic mass is 9.52. The third kappa shape index (κ3) is 8.02. The van der Waals surface area contributed by atoms with Gasteiger partial charge < -0.3 is 10.2 Å². The van der Waals surface area contributed by atoms with Gasteiger partial charge in [-0.3, -0.25) is 4.21 Å². The van der Waals surface area contributed by atoms with E-state index in [1.165, 1.54) is 43.2 Å². The Labute approximate surface area is 235 Å². The number of benzene rings is 1. The van der Waals surface area contributed by atoms with E-state index in [2.05, 4.69) is 13.0 Å². The van der Waals surface area contributed by atoms with Gasteiger partial charge in [0.05, 0.1) is 6.10 Å². The SMILES string of the molecule is CC12CCC3c4ccc(O)cc4CC(CCCCCCCCCS(=O)CCCCC(F)(F)F)C3C1CCC2O. The van der Waals surface area contributed by atoms with Crippen molar-refractivity contribution < 1.29 is 27.6 Å². The predicted molar refractivity (Wildman–Crippen MR) is 152 cm³/mol. The first-order valence-electron chi connectivity index (χ1n) is 15.5. The maximum Gasteiger partial charge on any atom is 0.389 e. The minimum Gasteiger partial charge on any atom is -0.508 e. The van der Waals surface area contributed by atoms with Crippen molar-refractivity contribution in [2.24, 2.45) is 23.2 Å². The Morgan fingerprint density at radius 2 is 1.62 bits per heavy atom. The van der Waals surface area contributed by atoms with E-state index in [-0.39, 0.29) is 17.9 Å². The molecular formula is C32H49F3O3S. The molecule has 0 radical (unpaired) electrons. The van der Waals surface area contributed by atoms with Gasteiger partial charge in [-0.2, -0.15) is 13.2 Å². The highest BCUT2D eigenvalue weighted by Gasteiger charge is 2.56. The molecule has 1 aromatic carbocycles. The molecule has 3 aliphatic carbocycles. The van der Waals surface area contributed by atoms with Crippen LogP contribution in [0, 0.1) is 23.2 Å². The number of hydrogen-bond acceptors (Lipinski definition) is 3. The molecule has 0 aromatic heterocycles. The Balaban J connectivity index is 1.16. The number of aromatic hydroxyl groups is 1. The Morgan fingerprint density at radius 1 is 0.949 bits per heavy atom. The molecule has 3 nitrogen and oxygen atoms in total. The highest BCUT2D eigenvalue weighted by molar-refractivity contribution is 7.84. The quantitative estimate of drug-likeness (QED) is 0.221. The molecule has 4 rings (SSSR count). The lowest BCUT2D eigenvalue weighted by molar-refractivity contribution is -0.135. The molecule has 0 saturated heterocycles. The molecule has 2 N–H and O–H groups in total. The molecule has 0 aliphatic heterocycles. The fraction of sp³-hybridized carbons (Fsp3) is 0.812. The van der Waals surface area contributed by atoms with Crippen molar-refractivity contribution in [3.8, 4) is 5.75 Å². The van der Waals surface area contributed by atoms with Gasteiger partial charge in [0.2, 0.25) is 0 Å². The Hall–Kier alpha value is -1.08. The number of phenols is 1. The molecule has 3 aliphatic rings. The van der Waals surface area contributed by atoms with Crippen molar-refractivity contribution in [2.45, 2.75) is 128 Å². The number of unbranched alkanes of at least 4 members (excludes halogenated alkanes) is 7. The molecule has 0 spiro atoms. The molecule has 1 aromatic rings. The second kappa shape index (κ2) is 13.7. The van der Waals surface area contributed by atoms with E-state index in [4.69, 9.17) is 0 Å². The van der Waals surface area contributed by atoms with Crippen LogP contribution in [-0.4, -0.2) is 38.2 Å². The van der Waals surface area contributed by atoms with Gasteiger partial charge in [-0.15, -0.1) is 0 Å². The smallest absolute Gasteiger partial charge is 0.389 e. The van der Waals surface area contributed by atoms with Gasteiger partial charge in [0, 0.05) is 28.7 Å². The average molecular weight is 571 g/mol. The largest absolute Gasteiger partial charge is 0.508 e. The summed E-state index contributed by atoms with van der Waals surface area (Å²) in [6.45, 7) is 2.33. The van der Waals surface area contributed by atoms with E-state index in [1.54, 1.807) is 0 Å². The summed E-state index contributed by atoms with van der Waals surface area (Å²) < 4.78 is 48.6. The van der Waals surface area contributed by atoms with Crippen LogP contribution in [0.3, 0.4) is 0 Å². The van der Waals surface area contributed by atoms with Crippen LogP contribution >= 0.6 is 0 Å². The summed E-state index contributed by atoms with van der Waals surface area (Å²) in [6.07, 6.45) is 9.89. The first-order valence-corrected chi connectivity index (χ1v) is 17.0. The monoisotopic (exact) mass is 570 g/mol. The topological polar surface area (TPSA) is 57.5 Å². The molecule has 7 unspecified atom stereocenters. The molecule has 0 amide bonds. The summed E-state index contributed by atoms with van der Waals surface area (Å²) in [5.74, 6) is 3.77. The number of phenolic OH excluding ortho intramolecular Hbond substituents is 1. The molecular weight excluding hydrogens is 521 g/mol. The lowest BCUT2D eigenvalue weighted by Crippen LogP contribution is -2.47. The fourth-order valence-corrected chi connectivity index (χ4v) is 9.53. The summed E-state index contributed by atoms with van der Waals surface area (Å²) in [4.78, 5) is 0. The van der Waals surface area contributed by atoms with Crippen LogP contribution in [0.5, 0.6) is 5.75 Å². The van der Waals surface area contributed by atoms with E-state index in [0.717, 1.165) is 51.4 Å². The summed E-state index contributed by atoms with van der Waals surface area (Å²) in [5, 5.41) is 21.0. The Bertz CT molecular complexity index is 951. The first kappa shape index (κ1) is 30.9. The minimum absolute atomic E-state index is 0.0561. The third-order valence-electron chi connectivity index (χ3n) is 10.4. The van der Waals surface area contributed by atoms with Crippen LogP contribution in [0.4, 0.5) is 13.2 Å². The zero-order valence-electron chi connectivity index (χ0n) is 23.7. The van der Waals surface area contributed by atoms with Crippen LogP contribution in [0.25, 0.3) is 0 Å². The fourth-order valence-electron chi connectivity index (χ4n) is 8.28. The van der Waals surface area contributed by atoms with Gasteiger partial charge in [0.25, 0.3) is 0 Å². The van der Waals surface area contributed by atoms with Crippen LogP contribution < -0.4 is 0 Å². The van der Waals surface area contributed by atoms with E-state index in [1.807, 2.05) is 12.1 Å². The van der Waals surface area contributed by atoms with E-state index in [9.17, 15) is 27.6 Å². The summed E-state index contributed by atoms with van der Waals surface area (Å²) >= 11 is 0. The van der Waals surface area contributed by atoms with Crippen molar-refractivity contribution in [2.75, 3.05) is 11.5 Å². The summed E-state index contributed by atoms with van der Waals surface area (Å²) in [5.41, 5.74) is 2.83. The minimum atomic E-state index is -4.10. The van der Waals surface area contributed by atoms with Crippen molar-refractivity contribution in [3.05, 3.63) is 29.3 Å². The number of aliphatic hydroxyl groups excluding tert-OH is 1. The van der Waals surface area contributed by atoms with Crippen molar-refractivity contribution >= 4 is 10.8 Å². The first-order chi connectivity index (χ1) is 18.6. The Morgan fingerprint density at radius 3 is 2.33 bits per heavy atom. The zero-order valence-corrected chi connectivity index (χ0v) is 24.5. The van der Waals surface area contributed by atoms with Crippen LogP contribution in [-0.2, 0) is 17.2 Å².